The molecule has 0 spiro atoms. The summed E-state index contributed by atoms with van der Waals surface area (Å²) in [6.45, 7) is 3.83. The number of hydrogen-bond acceptors (Lipinski definition) is 5. The second kappa shape index (κ2) is 5.96. The molecule has 1 aliphatic heterocycles. The third-order valence-corrected chi connectivity index (χ3v) is 5.01. The van der Waals surface area contributed by atoms with Gasteiger partial charge in [0.25, 0.3) is 5.95 Å². The molecular formula is C17H17N5S. The van der Waals surface area contributed by atoms with Gasteiger partial charge in [0.15, 0.2) is 0 Å². The molecule has 6 heteroatoms. The van der Waals surface area contributed by atoms with Gasteiger partial charge in [0.1, 0.15) is 0 Å². The van der Waals surface area contributed by atoms with Crippen LogP contribution in [0.2, 0.25) is 0 Å². The number of tetrazole rings is 1. The molecule has 0 saturated heterocycles. The zero-order chi connectivity index (χ0) is 15.6. The molecule has 0 saturated carbocycles. The second-order valence-corrected chi connectivity index (χ2v) is 6.58. The van der Waals surface area contributed by atoms with Gasteiger partial charge in [0.05, 0.1) is 5.69 Å². The molecule has 2 aromatic heterocycles. The van der Waals surface area contributed by atoms with Gasteiger partial charge in [-0.25, -0.2) is 0 Å². The van der Waals surface area contributed by atoms with Crippen LogP contribution in [-0.4, -0.2) is 33.3 Å². The first-order valence-electron chi connectivity index (χ1n) is 7.64. The Bertz CT molecular complexity index is 817. The number of aryl methyl sites for hydroxylation is 1. The van der Waals surface area contributed by atoms with E-state index in [2.05, 4.69) is 63.1 Å². The fourth-order valence-electron chi connectivity index (χ4n) is 2.77. The number of anilines is 1. The third-order valence-electron chi connectivity index (χ3n) is 4.06. The van der Waals surface area contributed by atoms with Crippen LogP contribution in [0.5, 0.6) is 0 Å². The fourth-order valence-corrected chi connectivity index (χ4v) is 3.57. The maximum atomic E-state index is 4.23. The lowest BCUT2D eigenvalue weighted by Crippen LogP contribution is -2.30. The highest BCUT2D eigenvalue weighted by Crippen LogP contribution is 2.28. The minimum Gasteiger partial charge on any atom is -0.335 e. The molecule has 5 nitrogen and oxygen atoms in total. The monoisotopic (exact) mass is 323 g/mol. The Morgan fingerprint density at radius 2 is 2.00 bits per heavy atom. The molecule has 1 aliphatic rings. The number of hydrogen-bond donors (Lipinski definition) is 0. The Labute approximate surface area is 138 Å². The SMILES string of the molecule is Cc1ccc(-n2nnnc2N2CC=C(c3cccs3)CC2)cc1. The van der Waals surface area contributed by atoms with Crippen molar-refractivity contribution in [2.24, 2.45) is 0 Å². The van der Waals surface area contributed by atoms with E-state index in [9.17, 15) is 0 Å². The molecule has 0 amide bonds. The van der Waals surface area contributed by atoms with Crippen molar-refractivity contribution in [3.05, 3.63) is 58.3 Å². The predicted molar refractivity (Wildman–Crippen MR) is 93.0 cm³/mol. The van der Waals surface area contributed by atoms with E-state index in [0.29, 0.717) is 0 Å². The van der Waals surface area contributed by atoms with Crippen LogP contribution >= 0.6 is 11.3 Å². The van der Waals surface area contributed by atoms with E-state index in [1.807, 2.05) is 16.8 Å². The van der Waals surface area contributed by atoms with Crippen LogP contribution in [-0.2, 0) is 0 Å². The van der Waals surface area contributed by atoms with Crippen LogP contribution in [0.15, 0.2) is 47.9 Å². The first-order valence-corrected chi connectivity index (χ1v) is 8.52. The summed E-state index contributed by atoms with van der Waals surface area (Å²) in [4.78, 5) is 3.58. The van der Waals surface area contributed by atoms with Crippen molar-refractivity contribution in [1.82, 2.24) is 20.2 Å². The summed E-state index contributed by atoms with van der Waals surface area (Å²) < 4.78 is 1.81. The van der Waals surface area contributed by atoms with Gasteiger partial charge in [0, 0.05) is 18.0 Å². The highest BCUT2D eigenvalue weighted by atomic mass is 32.1. The first kappa shape index (κ1) is 14.1. The van der Waals surface area contributed by atoms with Crippen molar-refractivity contribution < 1.29 is 0 Å². The van der Waals surface area contributed by atoms with Crippen molar-refractivity contribution in [2.45, 2.75) is 13.3 Å². The summed E-state index contributed by atoms with van der Waals surface area (Å²) >= 11 is 1.80. The van der Waals surface area contributed by atoms with Crippen LogP contribution in [0.3, 0.4) is 0 Å². The Balaban J connectivity index is 1.59. The van der Waals surface area contributed by atoms with Crippen LogP contribution in [0.25, 0.3) is 11.3 Å². The van der Waals surface area contributed by atoms with Gasteiger partial charge in [-0.1, -0.05) is 34.9 Å². The number of thiophene rings is 1. The number of rotatable bonds is 3. The van der Waals surface area contributed by atoms with E-state index in [1.54, 1.807) is 11.3 Å². The van der Waals surface area contributed by atoms with Crippen molar-refractivity contribution in [2.75, 3.05) is 18.0 Å². The molecule has 0 fully saturated rings. The molecule has 3 heterocycles. The summed E-state index contributed by atoms with van der Waals surface area (Å²) in [6.07, 6.45) is 3.30. The molecular weight excluding hydrogens is 306 g/mol. The fraction of sp³-hybridized carbons (Fsp3) is 0.235. The summed E-state index contributed by atoms with van der Waals surface area (Å²) in [6, 6.07) is 12.5. The maximum Gasteiger partial charge on any atom is 0.250 e. The number of nitrogens with zero attached hydrogens (tertiary/aromatic N) is 5. The molecule has 4 rings (SSSR count). The molecule has 0 unspecified atom stereocenters. The van der Waals surface area contributed by atoms with E-state index in [4.69, 9.17) is 0 Å². The highest BCUT2D eigenvalue weighted by molar-refractivity contribution is 7.11. The van der Waals surface area contributed by atoms with Crippen LogP contribution in [0, 0.1) is 6.92 Å². The topological polar surface area (TPSA) is 46.8 Å². The maximum absolute atomic E-state index is 4.23. The molecule has 23 heavy (non-hydrogen) atoms. The van der Waals surface area contributed by atoms with E-state index in [-0.39, 0.29) is 0 Å². The van der Waals surface area contributed by atoms with Gasteiger partial charge in [-0.15, -0.1) is 11.3 Å². The number of benzene rings is 1. The Kier molecular flexibility index (Phi) is 3.67. The largest absolute Gasteiger partial charge is 0.335 e. The van der Waals surface area contributed by atoms with E-state index < -0.39 is 0 Å². The molecule has 116 valence electrons. The van der Waals surface area contributed by atoms with Gasteiger partial charge in [-0.3, -0.25) is 0 Å². The molecule has 0 bridgehead atoms. The van der Waals surface area contributed by atoms with E-state index >= 15 is 0 Å². The van der Waals surface area contributed by atoms with Gasteiger partial charge in [-0.2, -0.15) is 4.68 Å². The van der Waals surface area contributed by atoms with Gasteiger partial charge >= 0.3 is 0 Å². The van der Waals surface area contributed by atoms with Crippen molar-refractivity contribution in [1.29, 1.82) is 0 Å². The molecule has 3 aromatic rings. The summed E-state index contributed by atoms with van der Waals surface area (Å²) in [7, 11) is 0. The smallest absolute Gasteiger partial charge is 0.250 e. The quantitative estimate of drug-likeness (QED) is 0.742. The average molecular weight is 323 g/mol. The molecule has 1 aromatic carbocycles. The summed E-state index contributed by atoms with van der Waals surface area (Å²) in [5.74, 6) is 0.801. The molecule has 0 atom stereocenters. The second-order valence-electron chi connectivity index (χ2n) is 5.63. The van der Waals surface area contributed by atoms with Crippen LogP contribution in [0.4, 0.5) is 5.95 Å². The van der Waals surface area contributed by atoms with Gasteiger partial charge in [0.2, 0.25) is 0 Å². The number of aromatic nitrogens is 4. The minimum atomic E-state index is 0.801. The van der Waals surface area contributed by atoms with Gasteiger partial charge in [-0.05, 0) is 52.9 Å². The summed E-state index contributed by atoms with van der Waals surface area (Å²) in [5.41, 5.74) is 3.64. The zero-order valence-electron chi connectivity index (χ0n) is 12.9. The zero-order valence-corrected chi connectivity index (χ0v) is 13.7. The van der Waals surface area contributed by atoms with Crippen LogP contribution in [0.1, 0.15) is 16.9 Å². The highest BCUT2D eigenvalue weighted by Gasteiger charge is 2.19. The molecule has 0 N–H and O–H groups in total. The van der Waals surface area contributed by atoms with E-state index in [1.165, 1.54) is 16.0 Å². The van der Waals surface area contributed by atoms with Gasteiger partial charge < -0.3 is 4.90 Å². The average Bonchev–Trinajstić information content (AvgIpc) is 3.28. The standard InChI is InChI=1S/C17H17N5S/c1-13-4-6-15(7-5-13)22-17(18-19-20-22)21-10-8-14(9-11-21)16-3-2-12-23-16/h2-8,12H,9-11H2,1H3. The Hall–Kier alpha value is -2.47. The Morgan fingerprint density at radius 1 is 1.13 bits per heavy atom. The molecule has 0 radical (unpaired) electrons. The van der Waals surface area contributed by atoms with Crippen molar-refractivity contribution >= 4 is 22.9 Å². The lowest BCUT2D eigenvalue weighted by Gasteiger charge is -2.26. The predicted octanol–water partition coefficient (Wildman–Crippen LogP) is 3.33. The first-order chi connectivity index (χ1) is 11.3. The van der Waals surface area contributed by atoms with Crippen LogP contribution < -0.4 is 4.90 Å². The lowest BCUT2D eigenvalue weighted by atomic mass is 10.1. The minimum absolute atomic E-state index is 0.801. The Morgan fingerprint density at radius 3 is 2.70 bits per heavy atom. The lowest BCUT2D eigenvalue weighted by molar-refractivity contribution is 0.750. The summed E-state index contributed by atoms with van der Waals surface area (Å²) in [5, 5.41) is 14.4. The third kappa shape index (κ3) is 2.77. The normalized spacial score (nSPS) is 14.8. The van der Waals surface area contributed by atoms with Crippen molar-refractivity contribution in [3.63, 3.8) is 0 Å². The molecule has 0 aliphatic carbocycles. The van der Waals surface area contributed by atoms with E-state index in [0.717, 1.165) is 31.1 Å². The van der Waals surface area contributed by atoms with Crippen molar-refractivity contribution in [3.8, 4) is 5.69 Å².